The number of carbonyl (C=O) groups excluding carboxylic acids is 1. The first-order chi connectivity index (χ1) is 12.9. The average Bonchev–Trinajstić information content (AvgIpc) is 3.20. The highest BCUT2D eigenvalue weighted by molar-refractivity contribution is 6.01. The molecule has 6 nitrogen and oxygen atoms in total. The first kappa shape index (κ1) is 17.2. The zero-order chi connectivity index (χ0) is 19.1. The summed E-state index contributed by atoms with van der Waals surface area (Å²) in [5, 5.41) is 6.22. The maximum atomic E-state index is 13.6. The fourth-order valence-electron chi connectivity index (χ4n) is 3.12. The van der Waals surface area contributed by atoms with Gasteiger partial charge in [0.05, 0.1) is 41.8 Å². The summed E-state index contributed by atoms with van der Waals surface area (Å²) in [6.45, 7) is -0.742. The fourth-order valence-corrected chi connectivity index (χ4v) is 3.12. The van der Waals surface area contributed by atoms with Crippen LogP contribution in [0.2, 0.25) is 0 Å². The molecule has 9 heteroatoms. The average molecular weight is 373 g/mol. The van der Waals surface area contributed by atoms with Crippen molar-refractivity contribution in [2.75, 3.05) is 6.54 Å². The zero-order valence-electron chi connectivity index (χ0n) is 13.9. The van der Waals surface area contributed by atoms with Gasteiger partial charge in [0.2, 0.25) is 0 Å². The standard InChI is InChI=1S/C18H14F3N5O/c19-10-4-12-11(5-14(22)17(12)23-6-10)9-1-2-26-15(3-9)13(7-25-26)18(27)24-8-16(20)21/h1-7,14,16H,8,22H2,(H,24,27)/t14-/m0/s1. The number of fused-ring (bicyclic) bond motifs is 2. The van der Waals surface area contributed by atoms with Gasteiger partial charge in [0.25, 0.3) is 12.3 Å². The summed E-state index contributed by atoms with van der Waals surface area (Å²) in [7, 11) is 0. The van der Waals surface area contributed by atoms with E-state index in [1.54, 1.807) is 24.4 Å². The van der Waals surface area contributed by atoms with Gasteiger partial charge in [-0.3, -0.25) is 9.78 Å². The van der Waals surface area contributed by atoms with Crippen LogP contribution in [0.25, 0.3) is 11.1 Å². The van der Waals surface area contributed by atoms with Crippen molar-refractivity contribution in [1.29, 1.82) is 0 Å². The van der Waals surface area contributed by atoms with Gasteiger partial charge in [-0.15, -0.1) is 0 Å². The molecule has 4 rings (SSSR count). The molecule has 1 aliphatic carbocycles. The van der Waals surface area contributed by atoms with E-state index in [0.29, 0.717) is 27.9 Å². The Balaban J connectivity index is 1.75. The molecule has 1 amide bonds. The second-order valence-corrected chi connectivity index (χ2v) is 6.10. The fraction of sp³-hybridized carbons (Fsp3) is 0.167. The van der Waals surface area contributed by atoms with Gasteiger partial charge in [-0.1, -0.05) is 6.08 Å². The predicted molar refractivity (Wildman–Crippen MR) is 91.7 cm³/mol. The van der Waals surface area contributed by atoms with Crippen LogP contribution in [0.3, 0.4) is 0 Å². The number of nitrogens with zero attached hydrogens (tertiary/aromatic N) is 3. The predicted octanol–water partition coefficient (Wildman–Crippen LogP) is 2.31. The normalized spacial score (nSPS) is 15.9. The lowest BCUT2D eigenvalue weighted by atomic mass is 10.0. The van der Waals surface area contributed by atoms with Crippen LogP contribution in [-0.2, 0) is 0 Å². The number of pyridine rings is 2. The van der Waals surface area contributed by atoms with Crippen molar-refractivity contribution in [2.45, 2.75) is 12.5 Å². The molecule has 0 fully saturated rings. The van der Waals surface area contributed by atoms with E-state index in [1.165, 1.54) is 16.8 Å². The first-order valence-electron chi connectivity index (χ1n) is 8.11. The third-order valence-corrected chi connectivity index (χ3v) is 4.33. The van der Waals surface area contributed by atoms with Crippen LogP contribution in [0.1, 0.15) is 33.2 Å². The van der Waals surface area contributed by atoms with E-state index >= 15 is 0 Å². The summed E-state index contributed by atoms with van der Waals surface area (Å²) in [4.78, 5) is 16.2. The lowest BCUT2D eigenvalue weighted by molar-refractivity contribution is 0.0893. The Bertz CT molecular complexity index is 1080. The summed E-state index contributed by atoms with van der Waals surface area (Å²) in [5.41, 5.74) is 9.17. The Morgan fingerprint density at radius 2 is 2.15 bits per heavy atom. The van der Waals surface area contributed by atoms with Gasteiger partial charge >= 0.3 is 0 Å². The van der Waals surface area contributed by atoms with Crippen LogP contribution >= 0.6 is 0 Å². The van der Waals surface area contributed by atoms with Crippen LogP contribution in [0.5, 0.6) is 0 Å². The number of aromatic nitrogens is 3. The number of hydrogen-bond acceptors (Lipinski definition) is 4. The van der Waals surface area contributed by atoms with Crippen LogP contribution in [0.4, 0.5) is 13.2 Å². The SMILES string of the molecule is N[C@H]1C=C(c2ccn3ncc(C(=O)NCC(F)F)c3c2)c2cc(F)cnc21. The molecule has 0 saturated carbocycles. The number of halogens is 3. The number of rotatable bonds is 4. The molecular weight excluding hydrogens is 359 g/mol. The molecule has 0 saturated heterocycles. The quantitative estimate of drug-likeness (QED) is 0.735. The molecule has 3 heterocycles. The van der Waals surface area contributed by atoms with E-state index < -0.39 is 30.7 Å². The molecule has 0 aliphatic heterocycles. The third kappa shape index (κ3) is 3.06. The molecule has 0 bridgehead atoms. The monoisotopic (exact) mass is 373 g/mol. The maximum absolute atomic E-state index is 13.6. The summed E-state index contributed by atoms with van der Waals surface area (Å²) < 4.78 is 39.8. The third-order valence-electron chi connectivity index (χ3n) is 4.33. The van der Waals surface area contributed by atoms with Crippen molar-refractivity contribution in [3.8, 4) is 0 Å². The molecule has 1 aliphatic rings. The smallest absolute Gasteiger partial charge is 0.255 e. The minimum atomic E-state index is -2.64. The van der Waals surface area contributed by atoms with Crippen LogP contribution < -0.4 is 11.1 Å². The summed E-state index contributed by atoms with van der Waals surface area (Å²) in [6.07, 6.45) is 3.17. The van der Waals surface area contributed by atoms with E-state index in [0.717, 1.165) is 6.20 Å². The van der Waals surface area contributed by atoms with Crippen molar-refractivity contribution >= 4 is 17.0 Å². The lowest BCUT2D eigenvalue weighted by Crippen LogP contribution is -2.28. The Kier molecular flexibility index (Phi) is 4.15. The molecule has 3 N–H and O–H groups in total. The number of alkyl halides is 2. The molecular formula is C18H14F3N5O. The van der Waals surface area contributed by atoms with Crippen LogP contribution in [0, 0.1) is 5.82 Å². The van der Waals surface area contributed by atoms with Crippen molar-refractivity contribution in [2.24, 2.45) is 5.73 Å². The molecule has 0 aromatic carbocycles. The highest BCUT2D eigenvalue weighted by atomic mass is 19.3. The van der Waals surface area contributed by atoms with Gasteiger partial charge in [0, 0.05) is 11.8 Å². The van der Waals surface area contributed by atoms with Crippen molar-refractivity contribution < 1.29 is 18.0 Å². The van der Waals surface area contributed by atoms with E-state index in [4.69, 9.17) is 5.73 Å². The lowest BCUT2D eigenvalue weighted by Gasteiger charge is -2.08. The molecule has 0 radical (unpaired) electrons. The zero-order valence-corrected chi connectivity index (χ0v) is 13.9. The molecule has 0 unspecified atom stereocenters. The number of nitrogens with two attached hydrogens (primary N) is 1. The molecule has 1 atom stereocenters. The number of hydrogen-bond donors (Lipinski definition) is 2. The molecule has 3 aromatic heterocycles. The molecule has 3 aromatic rings. The van der Waals surface area contributed by atoms with E-state index in [1.807, 2.05) is 0 Å². The highest BCUT2D eigenvalue weighted by Crippen LogP contribution is 2.36. The molecule has 138 valence electrons. The van der Waals surface area contributed by atoms with Gasteiger partial charge < -0.3 is 11.1 Å². The van der Waals surface area contributed by atoms with E-state index in [2.05, 4.69) is 15.4 Å². The Morgan fingerprint density at radius 3 is 2.93 bits per heavy atom. The Morgan fingerprint density at radius 1 is 1.33 bits per heavy atom. The van der Waals surface area contributed by atoms with Crippen molar-refractivity contribution in [3.63, 3.8) is 0 Å². The van der Waals surface area contributed by atoms with Crippen LogP contribution in [0.15, 0.2) is 42.9 Å². The number of nitrogens with one attached hydrogen (secondary N) is 1. The van der Waals surface area contributed by atoms with Crippen LogP contribution in [-0.4, -0.2) is 33.5 Å². The second-order valence-electron chi connectivity index (χ2n) is 6.10. The number of amides is 1. The maximum Gasteiger partial charge on any atom is 0.255 e. The molecule has 0 spiro atoms. The van der Waals surface area contributed by atoms with Gasteiger partial charge in [-0.2, -0.15) is 5.10 Å². The Hall–Kier alpha value is -3.20. The summed E-state index contributed by atoms with van der Waals surface area (Å²) in [6, 6.07) is 4.32. The largest absolute Gasteiger partial charge is 0.346 e. The minimum absolute atomic E-state index is 0.165. The minimum Gasteiger partial charge on any atom is -0.346 e. The van der Waals surface area contributed by atoms with Crippen molar-refractivity contribution in [1.82, 2.24) is 19.9 Å². The van der Waals surface area contributed by atoms with Gasteiger partial charge in [0.15, 0.2) is 0 Å². The molecule has 27 heavy (non-hydrogen) atoms. The number of carbonyl (C=O) groups is 1. The summed E-state index contributed by atoms with van der Waals surface area (Å²) in [5.74, 6) is -1.13. The Labute approximate surface area is 151 Å². The van der Waals surface area contributed by atoms with E-state index in [-0.39, 0.29) is 5.56 Å². The topological polar surface area (TPSA) is 85.3 Å². The van der Waals surface area contributed by atoms with E-state index in [9.17, 15) is 18.0 Å². The second kappa shape index (κ2) is 6.51. The van der Waals surface area contributed by atoms with Gasteiger partial charge in [-0.25, -0.2) is 17.7 Å². The summed E-state index contributed by atoms with van der Waals surface area (Å²) >= 11 is 0. The van der Waals surface area contributed by atoms with Gasteiger partial charge in [0.1, 0.15) is 5.82 Å². The first-order valence-corrected chi connectivity index (χ1v) is 8.11. The highest BCUT2D eigenvalue weighted by Gasteiger charge is 2.24. The van der Waals surface area contributed by atoms with Crippen molar-refractivity contribution in [3.05, 3.63) is 71.1 Å². The van der Waals surface area contributed by atoms with Gasteiger partial charge in [-0.05, 0) is 29.3 Å².